The molecule has 0 amide bonds. The minimum Gasteiger partial charge on any atom is -0.363 e. The smallest absolute Gasteiger partial charge is 0.287 e. The first-order chi connectivity index (χ1) is 10.1. The predicted molar refractivity (Wildman–Crippen MR) is 79.0 cm³/mol. The van der Waals surface area contributed by atoms with Crippen molar-refractivity contribution in [3.63, 3.8) is 0 Å². The van der Waals surface area contributed by atoms with Crippen molar-refractivity contribution in [2.24, 2.45) is 0 Å². The van der Waals surface area contributed by atoms with E-state index in [1.807, 2.05) is 6.07 Å². The number of nitrogens with zero attached hydrogens (tertiary/aromatic N) is 2. The maximum atomic E-state index is 13.8. The molecule has 7 heteroatoms. The number of halogens is 1. The highest BCUT2D eigenvalue weighted by Crippen LogP contribution is 2.39. The monoisotopic (exact) mass is 305 g/mol. The highest BCUT2D eigenvalue weighted by Gasteiger charge is 2.23. The van der Waals surface area contributed by atoms with Gasteiger partial charge in [-0.15, -0.1) is 11.8 Å². The van der Waals surface area contributed by atoms with Crippen LogP contribution >= 0.6 is 11.8 Å². The molecular weight excluding hydrogens is 293 g/mol. The van der Waals surface area contributed by atoms with Crippen LogP contribution in [0, 0.1) is 15.9 Å². The molecule has 0 aliphatic carbocycles. The van der Waals surface area contributed by atoms with Crippen molar-refractivity contribution < 1.29 is 9.31 Å². The van der Waals surface area contributed by atoms with Gasteiger partial charge in [0.2, 0.25) is 0 Å². The van der Waals surface area contributed by atoms with Crippen LogP contribution in [0.3, 0.4) is 0 Å². The molecular formula is C14H12FN3O2S. The molecule has 0 saturated carbocycles. The summed E-state index contributed by atoms with van der Waals surface area (Å²) in [6, 6.07) is 7.98. The lowest BCUT2D eigenvalue weighted by atomic mass is 10.0. The van der Waals surface area contributed by atoms with E-state index >= 15 is 0 Å². The van der Waals surface area contributed by atoms with Crippen LogP contribution in [0.15, 0.2) is 41.4 Å². The summed E-state index contributed by atoms with van der Waals surface area (Å²) in [6.45, 7) is 0. The molecule has 2 aromatic rings. The van der Waals surface area contributed by atoms with E-state index in [1.165, 1.54) is 30.1 Å². The van der Waals surface area contributed by atoms with Gasteiger partial charge in [-0.05, 0) is 24.1 Å². The fraction of sp³-hybridized carbons (Fsp3) is 0.214. The van der Waals surface area contributed by atoms with Crippen molar-refractivity contribution in [2.75, 3.05) is 11.1 Å². The van der Waals surface area contributed by atoms with Gasteiger partial charge < -0.3 is 5.32 Å². The molecule has 1 aliphatic rings. The fourth-order valence-electron chi connectivity index (χ4n) is 2.29. The van der Waals surface area contributed by atoms with Crippen LogP contribution in [0.5, 0.6) is 0 Å². The van der Waals surface area contributed by atoms with Crippen molar-refractivity contribution in [3.8, 4) is 0 Å². The van der Waals surface area contributed by atoms with E-state index in [1.54, 1.807) is 12.1 Å². The molecule has 1 atom stereocenters. The summed E-state index contributed by atoms with van der Waals surface area (Å²) >= 11 is 1.51. The number of pyridine rings is 1. The van der Waals surface area contributed by atoms with Gasteiger partial charge in [0.25, 0.3) is 5.69 Å². The van der Waals surface area contributed by atoms with Gasteiger partial charge in [0, 0.05) is 16.7 Å². The SMILES string of the molecule is O=[N+]([O-])c1ccc(NC2CCSc3c(F)cccc32)nc1. The van der Waals surface area contributed by atoms with Gasteiger partial charge in [-0.3, -0.25) is 10.1 Å². The summed E-state index contributed by atoms with van der Waals surface area (Å²) in [5, 5.41) is 13.8. The Hall–Kier alpha value is -2.15. The molecule has 0 saturated heterocycles. The van der Waals surface area contributed by atoms with Crippen molar-refractivity contribution in [1.29, 1.82) is 0 Å². The Morgan fingerprint density at radius 1 is 1.38 bits per heavy atom. The summed E-state index contributed by atoms with van der Waals surface area (Å²) in [6.07, 6.45) is 2.06. The normalized spacial score (nSPS) is 17.1. The van der Waals surface area contributed by atoms with Gasteiger partial charge in [0.15, 0.2) is 0 Å². The molecule has 108 valence electrons. The first kappa shape index (κ1) is 13.8. The summed E-state index contributed by atoms with van der Waals surface area (Å²) in [4.78, 5) is 14.8. The van der Waals surface area contributed by atoms with Gasteiger partial charge in [0.05, 0.1) is 11.0 Å². The van der Waals surface area contributed by atoms with Crippen molar-refractivity contribution in [3.05, 3.63) is 58.0 Å². The molecule has 5 nitrogen and oxygen atoms in total. The molecule has 0 bridgehead atoms. The molecule has 1 unspecified atom stereocenters. The Morgan fingerprint density at radius 2 is 2.24 bits per heavy atom. The number of fused-ring (bicyclic) bond motifs is 1. The maximum Gasteiger partial charge on any atom is 0.287 e. The summed E-state index contributed by atoms with van der Waals surface area (Å²) in [5.41, 5.74) is 0.859. The zero-order valence-electron chi connectivity index (χ0n) is 11.0. The number of anilines is 1. The Balaban J connectivity index is 1.83. The standard InChI is InChI=1S/C14H12FN3O2S/c15-11-3-1-2-10-12(6-7-21-14(10)11)17-13-5-4-9(8-16-13)18(19)20/h1-5,8,12H,6-7H2,(H,16,17). The molecule has 0 spiro atoms. The van der Waals surface area contributed by atoms with Gasteiger partial charge in [-0.25, -0.2) is 9.37 Å². The van der Waals surface area contributed by atoms with Gasteiger partial charge >= 0.3 is 0 Å². The molecule has 1 aromatic carbocycles. The second-order valence-corrected chi connectivity index (χ2v) is 5.76. The van der Waals surface area contributed by atoms with Gasteiger partial charge in [-0.1, -0.05) is 12.1 Å². The second-order valence-electron chi connectivity index (χ2n) is 4.65. The first-order valence-electron chi connectivity index (χ1n) is 6.43. The van der Waals surface area contributed by atoms with E-state index in [-0.39, 0.29) is 17.5 Å². The van der Waals surface area contributed by atoms with Crippen LogP contribution in [-0.2, 0) is 0 Å². The minimum absolute atomic E-state index is 0.0362. The molecule has 21 heavy (non-hydrogen) atoms. The molecule has 3 rings (SSSR count). The third-order valence-corrected chi connectivity index (χ3v) is 4.47. The van der Waals surface area contributed by atoms with Crippen molar-refractivity contribution in [2.45, 2.75) is 17.4 Å². The zero-order valence-corrected chi connectivity index (χ0v) is 11.8. The average molecular weight is 305 g/mol. The Bertz CT molecular complexity index is 678. The van der Waals surface area contributed by atoms with Crippen molar-refractivity contribution in [1.82, 2.24) is 4.98 Å². The lowest BCUT2D eigenvalue weighted by Gasteiger charge is -2.26. The van der Waals surface area contributed by atoms with Crippen LogP contribution in [0.25, 0.3) is 0 Å². The number of nitrogens with one attached hydrogen (secondary N) is 1. The number of nitro groups is 1. The largest absolute Gasteiger partial charge is 0.363 e. The topological polar surface area (TPSA) is 68.1 Å². The zero-order chi connectivity index (χ0) is 14.8. The van der Waals surface area contributed by atoms with E-state index in [4.69, 9.17) is 0 Å². The molecule has 1 aromatic heterocycles. The van der Waals surface area contributed by atoms with E-state index < -0.39 is 4.92 Å². The number of rotatable bonds is 3. The van der Waals surface area contributed by atoms with Crippen LogP contribution in [0.1, 0.15) is 18.0 Å². The van der Waals surface area contributed by atoms with Crippen LogP contribution in [0.4, 0.5) is 15.9 Å². The van der Waals surface area contributed by atoms with E-state index in [9.17, 15) is 14.5 Å². The number of hydrogen-bond donors (Lipinski definition) is 1. The molecule has 0 radical (unpaired) electrons. The predicted octanol–water partition coefficient (Wildman–Crippen LogP) is 3.78. The van der Waals surface area contributed by atoms with Gasteiger partial charge in [-0.2, -0.15) is 0 Å². The quantitative estimate of drug-likeness (QED) is 0.690. The van der Waals surface area contributed by atoms with Crippen molar-refractivity contribution >= 4 is 23.3 Å². The Labute approximate surface area is 124 Å². The number of aromatic nitrogens is 1. The van der Waals surface area contributed by atoms with E-state index in [2.05, 4.69) is 10.3 Å². The molecule has 1 N–H and O–H groups in total. The third kappa shape index (κ3) is 2.82. The lowest BCUT2D eigenvalue weighted by molar-refractivity contribution is -0.385. The number of benzene rings is 1. The average Bonchev–Trinajstić information content (AvgIpc) is 2.49. The molecule has 2 heterocycles. The molecule has 0 fully saturated rings. The number of thioether (sulfide) groups is 1. The third-order valence-electron chi connectivity index (χ3n) is 3.31. The highest BCUT2D eigenvalue weighted by molar-refractivity contribution is 7.99. The van der Waals surface area contributed by atoms with Crippen LogP contribution in [-0.4, -0.2) is 15.7 Å². The Kier molecular flexibility index (Phi) is 3.74. The van der Waals surface area contributed by atoms with Crippen LogP contribution < -0.4 is 5.32 Å². The van der Waals surface area contributed by atoms with Gasteiger partial charge in [0.1, 0.15) is 17.8 Å². The van der Waals surface area contributed by atoms with E-state index in [0.29, 0.717) is 10.7 Å². The fourth-order valence-corrected chi connectivity index (χ4v) is 3.43. The minimum atomic E-state index is -0.487. The maximum absolute atomic E-state index is 13.8. The summed E-state index contributed by atoms with van der Waals surface area (Å²) in [5.74, 6) is 1.16. The van der Waals surface area contributed by atoms with Crippen LogP contribution in [0.2, 0.25) is 0 Å². The highest BCUT2D eigenvalue weighted by atomic mass is 32.2. The van der Waals surface area contributed by atoms with E-state index in [0.717, 1.165) is 17.7 Å². The lowest BCUT2D eigenvalue weighted by Crippen LogP contribution is -2.17. The number of hydrogen-bond acceptors (Lipinski definition) is 5. The molecule has 1 aliphatic heterocycles. The first-order valence-corrected chi connectivity index (χ1v) is 7.42. The Morgan fingerprint density at radius 3 is 2.95 bits per heavy atom. The second kappa shape index (κ2) is 5.69. The summed E-state index contributed by atoms with van der Waals surface area (Å²) < 4.78 is 13.8. The summed E-state index contributed by atoms with van der Waals surface area (Å²) in [7, 11) is 0.